The summed E-state index contributed by atoms with van der Waals surface area (Å²) in [4.78, 5) is 23.0. The number of methoxy groups -OCH3 is 1. The van der Waals surface area contributed by atoms with Gasteiger partial charge >= 0.3 is 5.97 Å². The molecule has 1 rings (SSSR count). The van der Waals surface area contributed by atoms with Gasteiger partial charge in [-0.3, -0.25) is 4.79 Å². The predicted octanol–water partition coefficient (Wildman–Crippen LogP) is 1.32. The van der Waals surface area contributed by atoms with Crippen LogP contribution in [0, 0.1) is 0 Å². The first-order chi connectivity index (χ1) is 8.11. The average molecular weight is 237 g/mol. The molecule has 0 fully saturated rings. The monoisotopic (exact) mass is 237 g/mol. The lowest BCUT2D eigenvalue weighted by molar-refractivity contribution is 0.0597. The maximum Gasteiger partial charge on any atom is 0.341 e. The molecule has 0 bridgehead atoms. The number of amides is 1. The molecular formula is C12H15NO4. The standard InChI is InChI=1S/C12H15NO4/c1-3-7-13-11(15)8-5-4-6-9(10(8)14)12(16)17-2/h4-6,14H,3,7H2,1-2H3,(H,13,15). The van der Waals surface area contributed by atoms with E-state index in [1.807, 2.05) is 6.92 Å². The Morgan fingerprint density at radius 3 is 2.59 bits per heavy atom. The molecule has 5 nitrogen and oxygen atoms in total. The van der Waals surface area contributed by atoms with E-state index in [1.54, 1.807) is 0 Å². The van der Waals surface area contributed by atoms with Gasteiger partial charge in [0.25, 0.3) is 5.91 Å². The lowest BCUT2D eigenvalue weighted by atomic mass is 10.1. The third kappa shape index (κ3) is 2.96. The summed E-state index contributed by atoms with van der Waals surface area (Å²) in [5.41, 5.74) is 0.0537. The van der Waals surface area contributed by atoms with E-state index in [-0.39, 0.29) is 16.9 Å². The van der Waals surface area contributed by atoms with Crippen molar-refractivity contribution in [3.63, 3.8) is 0 Å². The zero-order chi connectivity index (χ0) is 12.8. The molecule has 92 valence electrons. The Bertz CT molecular complexity index is 429. The number of benzene rings is 1. The topological polar surface area (TPSA) is 75.6 Å². The zero-order valence-corrected chi connectivity index (χ0v) is 9.82. The number of nitrogens with one attached hydrogen (secondary N) is 1. The van der Waals surface area contributed by atoms with Crippen LogP contribution in [0.5, 0.6) is 5.75 Å². The third-order valence-electron chi connectivity index (χ3n) is 2.22. The number of hydrogen-bond donors (Lipinski definition) is 2. The molecule has 5 heteroatoms. The molecule has 0 heterocycles. The molecule has 0 spiro atoms. The number of aromatic hydroxyl groups is 1. The van der Waals surface area contributed by atoms with Gasteiger partial charge in [0.1, 0.15) is 11.3 Å². The van der Waals surface area contributed by atoms with Crippen molar-refractivity contribution in [2.24, 2.45) is 0 Å². The highest BCUT2D eigenvalue weighted by atomic mass is 16.5. The lowest BCUT2D eigenvalue weighted by Crippen LogP contribution is -2.24. The van der Waals surface area contributed by atoms with Crippen molar-refractivity contribution < 1.29 is 19.4 Å². The Morgan fingerprint density at radius 1 is 1.35 bits per heavy atom. The lowest BCUT2D eigenvalue weighted by Gasteiger charge is -2.08. The predicted molar refractivity (Wildman–Crippen MR) is 62.1 cm³/mol. The van der Waals surface area contributed by atoms with E-state index in [0.717, 1.165) is 6.42 Å². The smallest absolute Gasteiger partial charge is 0.341 e. The molecule has 0 aromatic heterocycles. The Balaban J connectivity index is 3.01. The van der Waals surface area contributed by atoms with Crippen LogP contribution in [0.25, 0.3) is 0 Å². The van der Waals surface area contributed by atoms with Crippen LogP contribution in [0.2, 0.25) is 0 Å². The van der Waals surface area contributed by atoms with Crippen molar-refractivity contribution in [2.75, 3.05) is 13.7 Å². The van der Waals surface area contributed by atoms with Gasteiger partial charge in [-0.15, -0.1) is 0 Å². The average Bonchev–Trinajstić information content (AvgIpc) is 2.35. The largest absolute Gasteiger partial charge is 0.506 e. The summed E-state index contributed by atoms with van der Waals surface area (Å²) < 4.78 is 4.50. The molecule has 1 amide bonds. The first-order valence-corrected chi connectivity index (χ1v) is 5.30. The van der Waals surface area contributed by atoms with E-state index in [4.69, 9.17) is 0 Å². The summed E-state index contributed by atoms with van der Waals surface area (Å²) in [6, 6.07) is 4.37. The normalized spacial score (nSPS) is 9.76. The van der Waals surface area contributed by atoms with Crippen LogP contribution in [0.1, 0.15) is 34.1 Å². The minimum Gasteiger partial charge on any atom is -0.506 e. The van der Waals surface area contributed by atoms with Crippen LogP contribution >= 0.6 is 0 Å². The van der Waals surface area contributed by atoms with Crippen LogP contribution in [-0.2, 0) is 4.74 Å². The summed E-state index contributed by atoms with van der Waals surface area (Å²) in [5.74, 6) is -1.43. The fourth-order valence-electron chi connectivity index (χ4n) is 1.34. The van der Waals surface area contributed by atoms with E-state index >= 15 is 0 Å². The molecule has 2 N–H and O–H groups in total. The van der Waals surface area contributed by atoms with Crippen LogP contribution in [0.3, 0.4) is 0 Å². The number of phenolic OH excluding ortho intramolecular Hbond substituents is 1. The number of carbonyl (C=O) groups excluding carboxylic acids is 2. The highest BCUT2D eigenvalue weighted by Gasteiger charge is 2.18. The molecule has 0 radical (unpaired) electrons. The van der Waals surface area contributed by atoms with Gasteiger partial charge in [-0.05, 0) is 18.6 Å². The first-order valence-electron chi connectivity index (χ1n) is 5.30. The molecular weight excluding hydrogens is 222 g/mol. The summed E-state index contributed by atoms with van der Waals surface area (Å²) in [6.07, 6.45) is 0.795. The molecule has 0 aliphatic rings. The minimum atomic E-state index is -0.673. The quantitative estimate of drug-likeness (QED) is 0.774. The van der Waals surface area contributed by atoms with Gasteiger partial charge < -0.3 is 15.2 Å². The van der Waals surface area contributed by atoms with Gasteiger partial charge in [-0.1, -0.05) is 13.0 Å². The number of para-hydroxylation sites is 1. The SMILES string of the molecule is CCCNC(=O)c1cccc(C(=O)OC)c1O. The van der Waals surface area contributed by atoms with E-state index in [0.29, 0.717) is 6.54 Å². The molecule has 0 unspecified atom stereocenters. The highest BCUT2D eigenvalue weighted by molar-refractivity contribution is 6.02. The summed E-state index contributed by atoms with van der Waals surface area (Å²) in [5, 5.41) is 12.4. The van der Waals surface area contributed by atoms with Crippen LogP contribution in [0.15, 0.2) is 18.2 Å². The fourth-order valence-corrected chi connectivity index (χ4v) is 1.34. The van der Waals surface area contributed by atoms with Crippen molar-refractivity contribution in [1.82, 2.24) is 5.32 Å². The maximum atomic E-state index is 11.7. The number of rotatable bonds is 4. The van der Waals surface area contributed by atoms with Crippen LogP contribution < -0.4 is 5.32 Å². The second-order valence-electron chi connectivity index (χ2n) is 3.45. The second kappa shape index (κ2) is 5.89. The maximum absolute atomic E-state index is 11.7. The van der Waals surface area contributed by atoms with Crippen molar-refractivity contribution >= 4 is 11.9 Å². The summed E-state index contributed by atoms with van der Waals surface area (Å²) in [6.45, 7) is 2.44. The molecule has 0 saturated carbocycles. The van der Waals surface area contributed by atoms with Crippen molar-refractivity contribution in [3.8, 4) is 5.75 Å². The molecule has 0 saturated heterocycles. The van der Waals surface area contributed by atoms with Gasteiger partial charge in [-0.25, -0.2) is 4.79 Å². The van der Waals surface area contributed by atoms with Crippen molar-refractivity contribution in [1.29, 1.82) is 0 Å². The molecule has 1 aromatic carbocycles. The Labute approximate surface area is 99.4 Å². The van der Waals surface area contributed by atoms with Gasteiger partial charge in [-0.2, -0.15) is 0 Å². The van der Waals surface area contributed by atoms with Crippen LogP contribution in [-0.4, -0.2) is 30.6 Å². The third-order valence-corrected chi connectivity index (χ3v) is 2.22. The second-order valence-corrected chi connectivity index (χ2v) is 3.45. The van der Waals surface area contributed by atoms with Gasteiger partial charge in [0.15, 0.2) is 0 Å². The van der Waals surface area contributed by atoms with Crippen molar-refractivity contribution in [3.05, 3.63) is 29.3 Å². The molecule has 0 atom stereocenters. The Hall–Kier alpha value is -2.04. The number of carbonyl (C=O) groups is 2. The Morgan fingerprint density at radius 2 is 2.00 bits per heavy atom. The van der Waals surface area contributed by atoms with Crippen LogP contribution in [0.4, 0.5) is 0 Å². The summed E-state index contributed by atoms with van der Waals surface area (Å²) >= 11 is 0. The number of ether oxygens (including phenoxy) is 1. The van der Waals surface area contributed by atoms with Gasteiger partial charge in [0, 0.05) is 6.54 Å². The van der Waals surface area contributed by atoms with Gasteiger partial charge in [0.2, 0.25) is 0 Å². The highest BCUT2D eigenvalue weighted by Crippen LogP contribution is 2.22. The molecule has 0 aliphatic carbocycles. The van der Waals surface area contributed by atoms with Crippen molar-refractivity contribution in [2.45, 2.75) is 13.3 Å². The zero-order valence-electron chi connectivity index (χ0n) is 9.82. The fraction of sp³-hybridized carbons (Fsp3) is 0.333. The first kappa shape index (κ1) is 13.0. The number of hydrogen-bond acceptors (Lipinski definition) is 4. The Kier molecular flexibility index (Phi) is 4.51. The molecule has 0 aliphatic heterocycles. The van der Waals surface area contributed by atoms with E-state index in [2.05, 4.69) is 10.1 Å². The van der Waals surface area contributed by atoms with E-state index in [1.165, 1.54) is 25.3 Å². The van der Waals surface area contributed by atoms with E-state index < -0.39 is 11.9 Å². The number of phenols is 1. The minimum absolute atomic E-state index is 0.0170. The van der Waals surface area contributed by atoms with Gasteiger partial charge in [0.05, 0.1) is 12.7 Å². The summed E-state index contributed by atoms with van der Waals surface area (Å²) in [7, 11) is 1.21. The number of esters is 1. The molecule has 1 aromatic rings. The van der Waals surface area contributed by atoms with E-state index in [9.17, 15) is 14.7 Å². The molecule has 17 heavy (non-hydrogen) atoms.